The molecule has 0 saturated heterocycles. The molecule has 0 saturated carbocycles. The monoisotopic (exact) mass is 361 g/mol. The van der Waals surface area contributed by atoms with Crippen LogP contribution < -0.4 is 10.1 Å². The molecule has 2 aromatic rings. The SMILES string of the molecule is COC(=O)c1cc(NC(=O)c2ccc(OC)cc2F)cc(C(=O)OC)c1. The molecule has 26 heavy (non-hydrogen) atoms. The van der Waals surface area contributed by atoms with Crippen molar-refractivity contribution < 1.29 is 33.0 Å². The highest BCUT2D eigenvalue weighted by Crippen LogP contribution is 2.20. The number of ether oxygens (including phenoxy) is 3. The third-order valence-electron chi connectivity index (χ3n) is 3.45. The van der Waals surface area contributed by atoms with Gasteiger partial charge >= 0.3 is 11.9 Å². The summed E-state index contributed by atoms with van der Waals surface area (Å²) >= 11 is 0. The average Bonchev–Trinajstić information content (AvgIpc) is 2.65. The van der Waals surface area contributed by atoms with Gasteiger partial charge in [-0.05, 0) is 30.3 Å². The second-order valence-corrected chi connectivity index (χ2v) is 5.08. The molecule has 0 unspecified atom stereocenters. The Labute approximate surface area is 148 Å². The van der Waals surface area contributed by atoms with Gasteiger partial charge in [0.1, 0.15) is 11.6 Å². The van der Waals surface area contributed by atoms with Gasteiger partial charge in [0.15, 0.2) is 0 Å². The summed E-state index contributed by atoms with van der Waals surface area (Å²) in [7, 11) is 3.73. The van der Waals surface area contributed by atoms with E-state index in [2.05, 4.69) is 14.8 Å². The molecule has 0 aromatic heterocycles. The number of rotatable bonds is 5. The topological polar surface area (TPSA) is 90.9 Å². The summed E-state index contributed by atoms with van der Waals surface area (Å²) in [4.78, 5) is 35.8. The van der Waals surface area contributed by atoms with Crippen molar-refractivity contribution in [3.63, 3.8) is 0 Å². The molecule has 0 aliphatic carbocycles. The van der Waals surface area contributed by atoms with Gasteiger partial charge in [0.05, 0.1) is 38.0 Å². The molecule has 0 aliphatic heterocycles. The summed E-state index contributed by atoms with van der Waals surface area (Å²) in [5, 5.41) is 2.44. The molecule has 0 spiro atoms. The number of carbonyl (C=O) groups excluding carboxylic acids is 3. The van der Waals surface area contributed by atoms with Gasteiger partial charge in [0, 0.05) is 11.8 Å². The number of methoxy groups -OCH3 is 3. The molecule has 0 fully saturated rings. The summed E-state index contributed by atoms with van der Waals surface area (Å²) in [5.74, 6) is -2.69. The van der Waals surface area contributed by atoms with Gasteiger partial charge in [0.25, 0.3) is 5.91 Å². The van der Waals surface area contributed by atoms with Crippen LogP contribution in [0, 0.1) is 5.82 Å². The third-order valence-corrected chi connectivity index (χ3v) is 3.45. The van der Waals surface area contributed by atoms with Gasteiger partial charge in [-0.1, -0.05) is 0 Å². The van der Waals surface area contributed by atoms with Gasteiger partial charge in [-0.2, -0.15) is 0 Å². The highest BCUT2D eigenvalue weighted by atomic mass is 19.1. The summed E-state index contributed by atoms with van der Waals surface area (Å²) < 4.78 is 28.1. The Bertz CT molecular complexity index is 831. The molecule has 0 aliphatic rings. The standard InChI is InChI=1S/C18H16FNO6/c1-24-13-4-5-14(15(19)9-13)16(21)20-12-7-10(17(22)25-2)6-11(8-12)18(23)26-3/h4-9H,1-3H3,(H,20,21). The predicted octanol–water partition coefficient (Wildman–Crippen LogP) is 2.66. The van der Waals surface area contributed by atoms with Crippen LogP contribution in [0.1, 0.15) is 31.1 Å². The largest absolute Gasteiger partial charge is 0.497 e. The molecule has 0 atom stereocenters. The van der Waals surface area contributed by atoms with Gasteiger partial charge in [-0.3, -0.25) is 4.79 Å². The Morgan fingerprint density at radius 3 is 1.92 bits per heavy atom. The lowest BCUT2D eigenvalue weighted by molar-refractivity contribution is 0.0599. The maximum atomic E-state index is 14.0. The van der Waals surface area contributed by atoms with Crippen LogP contribution in [-0.4, -0.2) is 39.2 Å². The van der Waals surface area contributed by atoms with E-state index in [1.54, 1.807) is 0 Å². The minimum Gasteiger partial charge on any atom is -0.497 e. The highest BCUT2D eigenvalue weighted by molar-refractivity contribution is 6.06. The van der Waals surface area contributed by atoms with E-state index in [0.717, 1.165) is 6.07 Å². The highest BCUT2D eigenvalue weighted by Gasteiger charge is 2.17. The molecular weight excluding hydrogens is 345 g/mol. The smallest absolute Gasteiger partial charge is 0.337 e. The maximum absolute atomic E-state index is 14.0. The number of esters is 2. The van der Waals surface area contributed by atoms with E-state index in [1.165, 1.54) is 51.7 Å². The normalized spacial score (nSPS) is 10.0. The summed E-state index contributed by atoms with van der Waals surface area (Å²) in [5.41, 5.74) is -0.0655. The summed E-state index contributed by atoms with van der Waals surface area (Å²) in [6.45, 7) is 0. The van der Waals surface area contributed by atoms with Gasteiger partial charge in [0.2, 0.25) is 0 Å². The van der Waals surface area contributed by atoms with Crippen molar-refractivity contribution in [2.75, 3.05) is 26.6 Å². The Hall–Kier alpha value is -3.42. The molecule has 8 heteroatoms. The number of hydrogen-bond acceptors (Lipinski definition) is 6. The van der Waals surface area contributed by atoms with Gasteiger partial charge in [-0.15, -0.1) is 0 Å². The lowest BCUT2D eigenvalue weighted by Crippen LogP contribution is -2.15. The minimum atomic E-state index is -0.779. The lowest BCUT2D eigenvalue weighted by Gasteiger charge is -2.10. The zero-order valence-corrected chi connectivity index (χ0v) is 14.3. The first-order valence-electron chi connectivity index (χ1n) is 7.36. The molecule has 7 nitrogen and oxygen atoms in total. The van der Waals surface area contributed by atoms with E-state index < -0.39 is 23.7 Å². The minimum absolute atomic E-state index is 0.0286. The van der Waals surface area contributed by atoms with Crippen LogP contribution in [0.3, 0.4) is 0 Å². The molecule has 2 aromatic carbocycles. The Morgan fingerprint density at radius 1 is 0.885 bits per heavy atom. The fourth-order valence-electron chi connectivity index (χ4n) is 2.18. The number of amides is 1. The second kappa shape index (κ2) is 8.11. The summed E-state index contributed by atoms with van der Waals surface area (Å²) in [6, 6.07) is 7.63. The molecule has 1 N–H and O–H groups in total. The first-order chi connectivity index (χ1) is 12.4. The van der Waals surface area contributed by atoms with Crippen molar-refractivity contribution in [1.82, 2.24) is 0 Å². The van der Waals surface area contributed by atoms with Gasteiger partial charge < -0.3 is 19.5 Å². The molecule has 1 amide bonds. The number of anilines is 1. The Balaban J connectivity index is 2.37. The zero-order chi connectivity index (χ0) is 19.3. The van der Waals surface area contributed by atoms with Crippen molar-refractivity contribution in [2.45, 2.75) is 0 Å². The van der Waals surface area contributed by atoms with Crippen molar-refractivity contribution in [2.24, 2.45) is 0 Å². The zero-order valence-electron chi connectivity index (χ0n) is 14.3. The number of benzene rings is 2. The fourth-order valence-corrected chi connectivity index (χ4v) is 2.18. The Kier molecular flexibility index (Phi) is 5.90. The average molecular weight is 361 g/mol. The van der Waals surface area contributed by atoms with Crippen LogP contribution in [0.4, 0.5) is 10.1 Å². The molecular formula is C18H16FNO6. The van der Waals surface area contributed by atoms with Crippen LogP contribution in [0.2, 0.25) is 0 Å². The molecule has 0 heterocycles. The quantitative estimate of drug-likeness (QED) is 0.824. The number of hydrogen-bond donors (Lipinski definition) is 1. The van der Waals surface area contributed by atoms with Crippen LogP contribution in [0.25, 0.3) is 0 Å². The van der Waals surface area contributed by atoms with Crippen molar-refractivity contribution in [1.29, 1.82) is 0 Å². The van der Waals surface area contributed by atoms with E-state index in [0.29, 0.717) is 0 Å². The first-order valence-corrected chi connectivity index (χ1v) is 7.36. The van der Waals surface area contributed by atoms with Crippen molar-refractivity contribution in [3.8, 4) is 5.75 Å². The van der Waals surface area contributed by atoms with Crippen LogP contribution in [0.5, 0.6) is 5.75 Å². The maximum Gasteiger partial charge on any atom is 0.337 e. The van der Waals surface area contributed by atoms with Crippen LogP contribution >= 0.6 is 0 Å². The van der Waals surface area contributed by atoms with E-state index in [1.807, 2.05) is 0 Å². The fraction of sp³-hybridized carbons (Fsp3) is 0.167. The van der Waals surface area contributed by atoms with Crippen molar-refractivity contribution >= 4 is 23.5 Å². The summed E-state index contributed by atoms with van der Waals surface area (Å²) in [6.07, 6.45) is 0. The predicted molar refractivity (Wildman–Crippen MR) is 90.0 cm³/mol. The van der Waals surface area contributed by atoms with Crippen LogP contribution in [-0.2, 0) is 9.47 Å². The van der Waals surface area contributed by atoms with Crippen LogP contribution in [0.15, 0.2) is 36.4 Å². The number of nitrogens with one attached hydrogen (secondary N) is 1. The van der Waals surface area contributed by atoms with Crippen molar-refractivity contribution in [3.05, 3.63) is 58.9 Å². The van der Waals surface area contributed by atoms with E-state index in [4.69, 9.17) is 4.74 Å². The van der Waals surface area contributed by atoms with E-state index in [-0.39, 0.29) is 28.1 Å². The molecule has 0 radical (unpaired) electrons. The van der Waals surface area contributed by atoms with Gasteiger partial charge in [-0.25, -0.2) is 14.0 Å². The molecule has 0 bridgehead atoms. The lowest BCUT2D eigenvalue weighted by atomic mass is 10.1. The first kappa shape index (κ1) is 18.9. The van der Waals surface area contributed by atoms with E-state index >= 15 is 0 Å². The second-order valence-electron chi connectivity index (χ2n) is 5.08. The Morgan fingerprint density at radius 2 is 1.46 bits per heavy atom. The third kappa shape index (κ3) is 4.15. The number of carbonyl (C=O) groups is 3. The molecule has 136 valence electrons. The number of halogens is 1. The molecule has 2 rings (SSSR count). The van der Waals surface area contributed by atoms with E-state index in [9.17, 15) is 18.8 Å².